The minimum Gasteiger partial charge on any atom is -0.309 e. The molecule has 106 valence electrons. The molecule has 0 saturated carbocycles. The van der Waals surface area contributed by atoms with Crippen molar-refractivity contribution in [1.82, 2.24) is 4.90 Å². The summed E-state index contributed by atoms with van der Waals surface area (Å²) in [6.07, 6.45) is 0.944. The molecule has 4 heteroatoms. The summed E-state index contributed by atoms with van der Waals surface area (Å²) in [6, 6.07) is 6.91. The first kappa shape index (κ1) is 15.6. The molecule has 0 amide bonds. The van der Waals surface area contributed by atoms with E-state index in [1.165, 1.54) is 0 Å². The minimum absolute atomic E-state index is 0.156. The monoisotopic (exact) mass is 264 g/mol. The molecule has 0 bridgehead atoms. The Morgan fingerprint density at radius 3 is 2.11 bits per heavy atom. The lowest BCUT2D eigenvalue weighted by Gasteiger charge is -2.33. The van der Waals surface area contributed by atoms with E-state index in [-0.39, 0.29) is 16.0 Å². The summed E-state index contributed by atoms with van der Waals surface area (Å²) in [5.41, 5.74) is 1.53. The van der Waals surface area contributed by atoms with Gasteiger partial charge in [0.1, 0.15) is 0 Å². The molecule has 0 unspecified atom stereocenters. The molecule has 19 heavy (non-hydrogen) atoms. The molecule has 0 aliphatic heterocycles. The van der Waals surface area contributed by atoms with Crippen LogP contribution >= 0.6 is 0 Å². The summed E-state index contributed by atoms with van der Waals surface area (Å²) in [6.45, 7) is 7.74. The van der Waals surface area contributed by atoms with E-state index in [0.717, 1.165) is 18.5 Å². The number of nitro benzene ring substituents is 1. The normalized spacial score (nSPS) is 13.6. The highest BCUT2D eigenvalue weighted by atomic mass is 16.6. The number of hydrogen-bond donors (Lipinski definition) is 0. The molecule has 0 fully saturated rings. The van der Waals surface area contributed by atoms with Crippen molar-refractivity contribution in [3.05, 3.63) is 39.9 Å². The molecule has 0 N–H and O–H groups in total. The van der Waals surface area contributed by atoms with Gasteiger partial charge < -0.3 is 4.90 Å². The van der Waals surface area contributed by atoms with E-state index >= 15 is 0 Å². The molecule has 1 aromatic carbocycles. The van der Waals surface area contributed by atoms with Crippen molar-refractivity contribution >= 4 is 5.69 Å². The van der Waals surface area contributed by atoms with Gasteiger partial charge in [0.2, 0.25) is 0 Å². The molecule has 0 saturated heterocycles. The zero-order valence-electron chi connectivity index (χ0n) is 12.5. The smallest absolute Gasteiger partial charge is 0.269 e. The summed E-state index contributed by atoms with van der Waals surface area (Å²) in [5.74, 6) is 0.518. The lowest BCUT2D eigenvalue weighted by molar-refractivity contribution is -0.384. The Morgan fingerprint density at radius 2 is 1.74 bits per heavy atom. The Labute approximate surface area is 115 Å². The Bertz CT molecular complexity index is 419. The molecule has 0 spiro atoms. The Hall–Kier alpha value is -1.42. The van der Waals surface area contributed by atoms with Crippen LogP contribution in [0, 0.1) is 21.4 Å². The fourth-order valence-electron chi connectivity index (χ4n) is 2.12. The topological polar surface area (TPSA) is 46.4 Å². The van der Waals surface area contributed by atoms with Crippen molar-refractivity contribution in [2.24, 2.45) is 11.3 Å². The van der Waals surface area contributed by atoms with Crippen molar-refractivity contribution in [2.75, 3.05) is 20.6 Å². The van der Waals surface area contributed by atoms with Crippen LogP contribution in [0.15, 0.2) is 24.3 Å². The first-order chi connectivity index (χ1) is 8.70. The zero-order valence-corrected chi connectivity index (χ0v) is 12.5. The number of nitro groups is 1. The molecular formula is C15H24N2O2. The Balaban J connectivity index is 2.81. The highest BCUT2D eigenvalue weighted by molar-refractivity contribution is 5.33. The van der Waals surface area contributed by atoms with Crippen molar-refractivity contribution in [3.8, 4) is 0 Å². The SMILES string of the molecule is CN(C)C[C@H](Cc1ccc([N+](=O)[O-])cc1)C(C)(C)C. The zero-order chi connectivity index (χ0) is 14.6. The van der Waals surface area contributed by atoms with Crippen LogP contribution in [0.4, 0.5) is 5.69 Å². The molecule has 4 nitrogen and oxygen atoms in total. The van der Waals surface area contributed by atoms with Gasteiger partial charge in [-0.25, -0.2) is 0 Å². The van der Waals surface area contributed by atoms with E-state index in [2.05, 4.69) is 39.8 Å². The maximum atomic E-state index is 10.6. The van der Waals surface area contributed by atoms with E-state index in [9.17, 15) is 10.1 Å². The predicted molar refractivity (Wildman–Crippen MR) is 78.3 cm³/mol. The first-order valence-electron chi connectivity index (χ1n) is 6.58. The Kier molecular flexibility index (Phi) is 5.06. The van der Waals surface area contributed by atoms with Crippen LogP contribution in [0.3, 0.4) is 0 Å². The summed E-state index contributed by atoms with van der Waals surface area (Å²) in [7, 11) is 4.16. The fraction of sp³-hybridized carbons (Fsp3) is 0.600. The third-order valence-corrected chi connectivity index (χ3v) is 3.44. The van der Waals surface area contributed by atoms with E-state index in [0.29, 0.717) is 5.92 Å². The van der Waals surface area contributed by atoms with Gasteiger partial charge in [-0.2, -0.15) is 0 Å². The molecular weight excluding hydrogens is 240 g/mol. The average Bonchev–Trinajstić information content (AvgIpc) is 2.27. The van der Waals surface area contributed by atoms with E-state index in [4.69, 9.17) is 0 Å². The molecule has 1 rings (SSSR count). The van der Waals surface area contributed by atoms with Crippen molar-refractivity contribution in [1.29, 1.82) is 0 Å². The third kappa shape index (κ3) is 4.99. The third-order valence-electron chi connectivity index (χ3n) is 3.44. The second-order valence-corrected chi connectivity index (χ2v) is 6.45. The highest BCUT2D eigenvalue weighted by Crippen LogP contribution is 2.30. The summed E-state index contributed by atoms with van der Waals surface area (Å²) in [5, 5.41) is 10.6. The van der Waals surface area contributed by atoms with Gasteiger partial charge in [-0.15, -0.1) is 0 Å². The number of non-ortho nitro benzene ring substituents is 1. The molecule has 0 aliphatic rings. The van der Waals surface area contributed by atoms with Gasteiger partial charge in [0.25, 0.3) is 5.69 Å². The van der Waals surface area contributed by atoms with Gasteiger partial charge in [-0.05, 0) is 37.4 Å². The van der Waals surface area contributed by atoms with Crippen molar-refractivity contribution in [3.63, 3.8) is 0 Å². The van der Waals surface area contributed by atoms with Crippen LogP contribution in [0.1, 0.15) is 26.3 Å². The largest absolute Gasteiger partial charge is 0.309 e. The second kappa shape index (κ2) is 6.15. The van der Waals surface area contributed by atoms with Crippen LogP contribution in [-0.4, -0.2) is 30.5 Å². The van der Waals surface area contributed by atoms with Gasteiger partial charge in [0.05, 0.1) is 4.92 Å². The van der Waals surface area contributed by atoms with Crippen LogP contribution in [0.25, 0.3) is 0 Å². The minimum atomic E-state index is -0.356. The second-order valence-electron chi connectivity index (χ2n) is 6.45. The van der Waals surface area contributed by atoms with Crippen LogP contribution in [0.5, 0.6) is 0 Å². The van der Waals surface area contributed by atoms with Crippen molar-refractivity contribution < 1.29 is 4.92 Å². The molecule has 0 aromatic heterocycles. The lowest BCUT2D eigenvalue weighted by atomic mass is 9.77. The van der Waals surface area contributed by atoms with Gasteiger partial charge in [0.15, 0.2) is 0 Å². The quantitative estimate of drug-likeness (QED) is 0.605. The predicted octanol–water partition coefficient (Wildman–Crippen LogP) is 3.36. The standard InChI is InChI=1S/C15H24N2O2/c1-15(2,3)13(11-16(4)5)10-12-6-8-14(9-7-12)17(18)19/h6-9,13H,10-11H2,1-5H3/t13-/m0/s1. The summed E-state index contributed by atoms with van der Waals surface area (Å²) in [4.78, 5) is 12.5. The van der Waals surface area contributed by atoms with Gasteiger partial charge in [0, 0.05) is 18.7 Å². The average molecular weight is 264 g/mol. The summed E-state index contributed by atoms with van der Waals surface area (Å²) < 4.78 is 0. The van der Waals surface area contributed by atoms with E-state index < -0.39 is 0 Å². The van der Waals surface area contributed by atoms with Crippen LogP contribution in [0.2, 0.25) is 0 Å². The van der Waals surface area contributed by atoms with Crippen molar-refractivity contribution in [2.45, 2.75) is 27.2 Å². The molecule has 0 heterocycles. The molecule has 0 radical (unpaired) electrons. The number of nitrogens with zero attached hydrogens (tertiary/aromatic N) is 2. The molecule has 0 aliphatic carbocycles. The van der Waals surface area contributed by atoms with Crippen LogP contribution < -0.4 is 0 Å². The maximum absolute atomic E-state index is 10.6. The maximum Gasteiger partial charge on any atom is 0.269 e. The van der Waals surface area contributed by atoms with E-state index in [1.54, 1.807) is 12.1 Å². The van der Waals surface area contributed by atoms with E-state index in [1.807, 2.05) is 12.1 Å². The molecule has 1 aromatic rings. The highest BCUT2D eigenvalue weighted by Gasteiger charge is 2.25. The molecule has 1 atom stereocenters. The van der Waals surface area contributed by atoms with Gasteiger partial charge >= 0.3 is 0 Å². The Morgan fingerprint density at radius 1 is 1.21 bits per heavy atom. The lowest BCUT2D eigenvalue weighted by Crippen LogP contribution is -2.32. The first-order valence-corrected chi connectivity index (χ1v) is 6.58. The van der Waals surface area contributed by atoms with Gasteiger partial charge in [-0.3, -0.25) is 10.1 Å². The number of benzene rings is 1. The summed E-state index contributed by atoms with van der Waals surface area (Å²) >= 11 is 0. The van der Waals surface area contributed by atoms with Gasteiger partial charge in [-0.1, -0.05) is 32.9 Å². The number of rotatable bonds is 5. The van der Waals surface area contributed by atoms with Crippen LogP contribution in [-0.2, 0) is 6.42 Å². The fourth-order valence-corrected chi connectivity index (χ4v) is 2.12. The number of hydrogen-bond acceptors (Lipinski definition) is 3.